The van der Waals surface area contributed by atoms with E-state index >= 15 is 0 Å². The molecule has 0 heterocycles. The Hall–Kier alpha value is -1.33. The minimum Gasteiger partial charge on any atom is -0.395 e. The van der Waals surface area contributed by atoms with Crippen LogP contribution in [0, 0.1) is 6.92 Å². The summed E-state index contributed by atoms with van der Waals surface area (Å²) >= 11 is 0. The molecule has 0 aliphatic carbocycles. The standard InChI is InChI=1S/C14H25N3OSi/c1-12-5-7-13(8-6-12)17-14(15-9-10-18)16-11-19(2,3)4/h5-8,18H,9-11H2,1-4H3,(H2,15,16,17). The lowest BCUT2D eigenvalue weighted by molar-refractivity contribution is 0.300. The summed E-state index contributed by atoms with van der Waals surface area (Å²) in [6, 6.07) is 8.18. The van der Waals surface area contributed by atoms with Crippen LogP contribution in [0.3, 0.4) is 0 Å². The number of aliphatic imine (C=N–C) groups is 1. The largest absolute Gasteiger partial charge is 0.395 e. The smallest absolute Gasteiger partial charge is 0.195 e. The van der Waals surface area contributed by atoms with Gasteiger partial charge in [0.1, 0.15) is 0 Å². The third kappa shape index (κ3) is 6.98. The number of hydrogen-bond donors (Lipinski definition) is 3. The second kappa shape index (κ2) is 7.30. The van der Waals surface area contributed by atoms with Gasteiger partial charge in [0.05, 0.1) is 14.7 Å². The highest BCUT2D eigenvalue weighted by molar-refractivity contribution is 6.76. The molecule has 4 nitrogen and oxygen atoms in total. The first-order valence-electron chi connectivity index (χ1n) is 6.63. The van der Waals surface area contributed by atoms with Crippen LogP contribution in [0.15, 0.2) is 29.3 Å². The van der Waals surface area contributed by atoms with E-state index in [1.165, 1.54) is 5.56 Å². The molecule has 0 spiro atoms. The molecular weight excluding hydrogens is 254 g/mol. The Balaban J connectivity index is 2.70. The van der Waals surface area contributed by atoms with E-state index in [2.05, 4.69) is 54.3 Å². The molecule has 0 bridgehead atoms. The monoisotopic (exact) mass is 279 g/mol. The maximum absolute atomic E-state index is 8.91. The molecule has 0 saturated heterocycles. The van der Waals surface area contributed by atoms with Crippen LogP contribution in [0.25, 0.3) is 0 Å². The van der Waals surface area contributed by atoms with Gasteiger partial charge >= 0.3 is 0 Å². The fraction of sp³-hybridized carbons (Fsp3) is 0.500. The Labute approximate surface area is 117 Å². The minimum atomic E-state index is -1.22. The van der Waals surface area contributed by atoms with Gasteiger partial charge in [0, 0.05) is 18.4 Å². The van der Waals surface area contributed by atoms with Crippen molar-refractivity contribution in [2.45, 2.75) is 26.6 Å². The summed E-state index contributed by atoms with van der Waals surface area (Å²) in [5.74, 6) is 0.736. The Morgan fingerprint density at radius 1 is 1.21 bits per heavy atom. The number of rotatable bonds is 5. The number of aliphatic hydroxyl groups excluding tert-OH is 1. The predicted octanol–water partition coefficient (Wildman–Crippen LogP) is 2.22. The summed E-state index contributed by atoms with van der Waals surface area (Å²) in [6.45, 7) is 9.52. The van der Waals surface area contributed by atoms with Crippen molar-refractivity contribution >= 4 is 19.7 Å². The van der Waals surface area contributed by atoms with E-state index in [9.17, 15) is 0 Å². The maximum Gasteiger partial charge on any atom is 0.195 e. The molecule has 0 aliphatic rings. The van der Waals surface area contributed by atoms with Gasteiger partial charge in [-0.05, 0) is 19.1 Å². The van der Waals surface area contributed by atoms with E-state index in [0.717, 1.165) is 17.8 Å². The third-order valence-corrected chi connectivity index (χ3v) is 3.54. The van der Waals surface area contributed by atoms with Crippen LogP contribution < -0.4 is 10.6 Å². The van der Waals surface area contributed by atoms with Gasteiger partial charge in [-0.1, -0.05) is 37.3 Å². The molecule has 0 fully saturated rings. The molecule has 0 aliphatic heterocycles. The molecule has 106 valence electrons. The Morgan fingerprint density at radius 2 is 1.84 bits per heavy atom. The van der Waals surface area contributed by atoms with Crippen molar-refractivity contribution in [2.24, 2.45) is 4.99 Å². The molecule has 0 saturated carbocycles. The molecule has 5 heteroatoms. The fourth-order valence-electron chi connectivity index (χ4n) is 1.40. The number of nitrogens with zero attached hydrogens (tertiary/aromatic N) is 1. The molecular formula is C14H25N3OSi. The first kappa shape index (κ1) is 15.7. The zero-order chi connectivity index (χ0) is 14.3. The van der Waals surface area contributed by atoms with Crippen molar-refractivity contribution in [2.75, 3.05) is 24.6 Å². The molecule has 0 radical (unpaired) electrons. The zero-order valence-corrected chi connectivity index (χ0v) is 13.3. The van der Waals surface area contributed by atoms with E-state index in [1.54, 1.807) is 0 Å². The van der Waals surface area contributed by atoms with Crippen LogP contribution in [0.1, 0.15) is 5.56 Å². The van der Waals surface area contributed by atoms with E-state index in [4.69, 9.17) is 5.11 Å². The summed E-state index contributed by atoms with van der Waals surface area (Å²) in [4.78, 5) is 4.60. The van der Waals surface area contributed by atoms with Gasteiger partial charge in [-0.25, -0.2) is 0 Å². The Bertz CT molecular complexity index is 410. The van der Waals surface area contributed by atoms with Crippen molar-refractivity contribution in [1.82, 2.24) is 5.32 Å². The van der Waals surface area contributed by atoms with Crippen molar-refractivity contribution in [3.8, 4) is 0 Å². The number of guanidine groups is 1. The van der Waals surface area contributed by atoms with Crippen molar-refractivity contribution < 1.29 is 5.11 Å². The number of benzene rings is 1. The van der Waals surface area contributed by atoms with Gasteiger partial charge in [0.25, 0.3) is 0 Å². The van der Waals surface area contributed by atoms with E-state index < -0.39 is 8.07 Å². The fourth-order valence-corrected chi connectivity index (χ4v) is 2.04. The average molecular weight is 279 g/mol. The van der Waals surface area contributed by atoms with Crippen LogP contribution in [0.4, 0.5) is 5.69 Å². The van der Waals surface area contributed by atoms with Gasteiger partial charge in [0.15, 0.2) is 5.96 Å². The normalized spacial score (nSPS) is 12.4. The van der Waals surface area contributed by atoms with Gasteiger partial charge < -0.3 is 15.7 Å². The van der Waals surface area contributed by atoms with E-state index in [1.807, 2.05) is 12.1 Å². The van der Waals surface area contributed by atoms with Crippen LogP contribution in [-0.2, 0) is 0 Å². The summed E-state index contributed by atoms with van der Waals surface area (Å²) in [6.07, 6.45) is 0.861. The van der Waals surface area contributed by atoms with Gasteiger partial charge in [-0.3, -0.25) is 4.99 Å². The highest BCUT2D eigenvalue weighted by atomic mass is 28.3. The highest BCUT2D eigenvalue weighted by Crippen LogP contribution is 2.08. The number of nitrogens with one attached hydrogen (secondary N) is 2. The lowest BCUT2D eigenvalue weighted by atomic mass is 10.2. The Kier molecular flexibility index (Phi) is 6.04. The zero-order valence-electron chi connectivity index (χ0n) is 12.3. The molecule has 0 atom stereocenters. The van der Waals surface area contributed by atoms with E-state index in [-0.39, 0.29) is 6.61 Å². The van der Waals surface area contributed by atoms with Gasteiger partial charge in [-0.15, -0.1) is 0 Å². The summed E-state index contributed by atoms with van der Waals surface area (Å²) in [5.41, 5.74) is 2.24. The first-order valence-corrected chi connectivity index (χ1v) is 10.3. The second-order valence-corrected chi connectivity index (χ2v) is 11.3. The topological polar surface area (TPSA) is 56.7 Å². The number of anilines is 1. The summed E-state index contributed by atoms with van der Waals surface area (Å²) < 4.78 is 0. The molecule has 1 aromatic carbocycles. The Morgan fingerprint density at radius 3 is 2.37 bits per heavy atom. The minimum absolute atomic E-state index is 0.0988. The summed E-state index contributed by atoms with van der Waals surface area (Å²) in [5, 5.41) is 15.3. The van der Waals surface area contributed by atoms with Crippen molar-refractivity contribution in [1.29, 1.82) is 0 Å². The third-order valence-electron chi connectivity index (χ3n) is 2.43. The molecule has 0 amide bonds. The predicted molar refractivity (Wildman–Crippen MR) is 85.5 cm³/mol. The SMILES string of the molecule is Cc1ccc(N/C(=N/C[Si](C)(C)C)NCCO)cc1. The molecule has 19 heavy (non-hydrogen) atoms. The first-order chi connectivity index (χ1) is 8.90. The maximum atomic E-state index is 8.91. The number of hydrogen-bond acceptors (Lipinski definition) is 2. The van der Waals surface area contributed by atoms with Crippen LogP contribution in [-0.4, -0.2) is 38.5 Å². The van der Waals surface area contributed by atoms with E-state index in [0.29, 0.717) is 6.54 Å². The lowest BCUT2D eigenvalue weighted by Crippen LogP contribution is -2.35. The molecule has 3 N–H and O–H groups in total. The van der Waals surface area contributed by atoms with Crippen LogP contribution >= 0.6 is 0 Å². The number of aryl methyl sites for hydroxylation is 1. The quantitative estimate of drug-likeness (QED) is 0.440. The second-order valence-electron chi connectivity index (χ2n) is 5.87. The van der Waals surface area contributed by atoms with Crippen molar-refractivity contribution in [3.63, 3.8) is 0 Å². The average Bonchev–Trinajstić information content (AvgIpc) is 2.34. The molecule has 0 unspecified atom stereocenters. The van der Waals surface area contributed by atoms with Gasteiger partial charge in [0.2, 0.25) is 0 Å². The van der Waals surface area contributed by atoms with Crippen LogP contribution in [0.5, 0.6) is 0 Å². The van der Waals surface area contributed by atoms with Crippen molar-refractivity contribution in [3.05, 3.63) is 29.8 Å². The molecule has 1 aromatic rings. The highest BCUT2D eigenvalue weighted by Gasteiger charge is 2.12. The molecule has 0 aromatic heterocycles. The number of aliphatic hydroxyl groups is 1. The summed E-state index contributed by atoms with van der Waals surface area (Å²) in [7, 11) is -1.22. The molecule has 1 rings (SSSR count). The lowest BCUT2D eigenvalue weighted by Gasteiger charge is -2.16. The van der Waals surface area contributed by atoms with Gasteiger partial charge in [-0.2, -0.15) is 0 Å². The van der Waals surface area contributed by atoms with Crippen LogP contribution in [0.2, 0.25) is 19.6 Å².